The Balaban J connectivity index is 1.35. The molecule has 180 valence electrons. The molecule has 2 fully saturated rings. The summed E-state index contributed by atoms with van der Waals surface area (Å²) in [4.78, 5) is 12.7. The van der Waals surface area contributed by atoms with Gasteiger partial charge in [0.1, 0.15) is 12.2 Å². The summed E-state index contributed by atoms with van der Waals surface area (Å²) in [6.45, 7) is 2.24. The number of nitrogens with zero attached hydrogens (tertiary/aromatic N) is 1. The molecule has 0 unspecified atom stereocenters. The van der Waals surface area contributed by atoms with E-state index in [1.807, 2.05) is 0 Å². The van der Waals surface area contributed by atoms with Crippen LogP contribution in [0.2, 0.25) is 0 Å². The molecule has 3 nitrogen and oxygen atoms in total. The first-order chi connectivity index (χ1) is 16.1. The van der Waals surface area contributed by atoms with Crippen LogP contribution in [0.25, 0.3) is 0 Å². The van der Waals surface area contributed by atoms with E-state index in [0.717, 1.165) is 57.8 Å². The first kappa shape index (κ1) is 25.5. The number of rotatable bonds is 10. The van der Waals surface area contributed by atoms with Crippen molar-refractivity contribution >= 4 is 5.97 Å². The van der Waals surface area contributed by atoms with Crippen molar-refractivity contribution in [2.75, 3.05) is 0 Å². The van der Waals surface area contributed by atoms with Gasteiger partial charge in [-0.05, 0) is 106 Å². The molecule has 0 spiro atoms. The molecule has 1 aromatic carbocycles. The normalized spacial score (nSPS) is 25.9. The van der Waals surface area contributed by atoms with E-state index < -0.39 is 5.83 Å². The molecule has 2 aliphatic carbocycles. The topological polar surface area (TPSA) is 50.1 Å². The third kappa shape index (κ3) is 8.29. The Morgan fingerprint density at radius 3 is 2.39 bits per heavy atom. The number of hydrogen-bond acceptors (Lipinski definition) is 3. The van der Waals surface area contributed by atoms with Crippen LogP contribution < -0.4 is 0 Å². The molecule has 0 saturated heterocycles. The van der Waals surface area contributed by atoms with Crippen LogP contribution in [-0.4, -0.2) is 12.1 Å². The molecular weight excluding hydrogens is 413 g/mol. The highest BCUT2D eigenvalue weighted by Gasteiger charge is 2.31. The number of halogens is 1. The lowest BCUT2D eigenvalue weighted by Gasteiger charge is -2.31. The molecule has 4 heteroatoms. The third-order valence-electron chi connectivity index (χ3n) is 7.66. The standard InChI is InChI=1S/C29H40FNO2/c1-2-3-4-6-22-9-13-24(14-10-22)25-15-17-26(18-16-25)29(32)33-28-19-11-23(12-20-28)7-5-8-27(30)21-31/h8-10,13-14,23,25-26,28H,2-7,11-12,15-20H2,1H3/t23-,25-,26-,28-. The van der Waals surface area contributed by atoms with E-state index in [1.165, 1.54) is 49.0 Å². The number of carbonyl (C=O) groups is 1. The second-order valence-corrected chi connectivity index (χ2v) is 10.1. The number of esters is 1. The van der Waals surface area contributed by atoms with Gasteiger partial charge in [0.15, 0.2) is 5.83 Å². The van der Waals surface area contributed by atoms with Gasteiger partial charge in [0.05, 0.1) is 5.92 Å². The summed E-state index contributed by atoms with van der Waals surface area (Å²) >= 11 is 0. The van der Waals surface area contributed by atoms with Gasteiger partial charge in [0.25, 0.3) is 0 Å². The maximum absolute atomic E-state index is 12.9. The second-order valence-electron chi connectivity index (χ2n) is 10.1. The van der Waals surface area contributed by atoms with Crippen molar-refractivity contribution in [3.63, 3.8) is 0 Å². The molecule has 0 atom stereocenters. The van der Waals surface area contributed by atoms with Crippen molar-refractivity contribution < 1.29 is 13.9 Å². The second kappa shape index (κ2) is 13.5. The maximum Gasteiger partial charge on any atom is 0.309 e. The number of aryl methyl sites for hydroxylation is 1. The van der Waals surface area contributed by atoms with Gasteiger partial charge in [-0.15, -0.1) is 0 Å². The smallest absolute Gasteiger partial charge is 0.309 e. The van der Waals surface area contributed by atoms with Crippen LogP contribution in [-0.2, 0) is 16.0 Å². The van der Waals surface area contributed by atoms with E-state index in [2.05, 4.69) is 31.2 Å². The molecule has 2 saturated carbocycles. The Morgan fingerprint density at radius 1 is 1.06 bits per heavy atom. The molecule has 0 radical (unpaired) electrons. The molecule has 0 N–H and O–H groups in total. The number of nitriles is 1. The Bertz CT molecular complexity index is 794. The molecule has 0 aromatic heterocycles. The lowest BCUT2D eigenvalue weighted by atomic mass is 9.78. The first-order valence-corrected chi connectivity index (χ1v) is 13.1. The quantitative estimate of drug-likeness (QED) is 0.205. The summed E-state index contributed by atoms with van der Waals surface area (Å²) in [6, 6.07) is 10.7. The van der Waals surface area contributed by atoms with Crippen LogP contribution in [0.5, 0.6) is 0 Å². The molecule has 0 amide bonds. The van der Waals surface area contributed by atoms with Crippen molar-refractivity contribution in [2.45, 2.75) is 109 Å². The monoisotopic (exact) mass is 453 g/mol. The molecule has 0 aliphatic heterocycles. The van der Waals surface area contributed by atoms with Gasteiger partial charge in [0, 0.05) is 0 Å². The Hall–Kier alpha value is -2.15. The van der Waals surface area contributed by atoms with Gasteiger partial charge in [0.2, 0.25) is 0 Å². The van der Waals surface area contributed by atoms with Crippen LogP contribution in [0.4, 0.5) is 4.39 Å². The average Bonchev–Trinajstić information content (AvgIpc) is 2.85. The lowest BCUT2D eigenvalue weighted by Crippen LogP contribution is -2.29. The fourth-order valence-electron chi connectivity index (χ4n) is 5.49. The van der Waals surface area contributed by atoms with Gasteiger partial charge in [-0.2, -0.15) is 9.65 Å². The molecule has 0 bridgehead atoms. The van der Waals surface area contributed by atoms with Crippen molar-refractivity contribution in [1.82, 2.24) is 0 Å². The van der Waals surface area contributed by atoms with Gasteiger partial charge in [-0.25, -0.2) is 0 Å². The molecule has 2 aliphatic rings. The molecule has 3 rings (SSSR count). The Morgan fingerprint density at radius 2 is 1.76 bits per heavy atom. The number of allylic oxidation sites excluding steroid dienone is 2. The van der Waals surface area contributed by atoms with Gasteiger partial charge >= 0.3 is 5.97 Å². The zero-order valence-corrected chi connectivity index (χ0v) is 20.2. The number of carbonyl (C=O) groups excluding carboxylic acids is 1. The summed E-state index contributed by atoms with van der Waals surface area (Å²) in [5, 5.41) is 8.47. The predicted molar refractivity (Wildman–Crippen MR) is 130 cm³/mol. The van der Waals surface area contributed by atoms with Gasteiger partial charge in [-0.3, -0.25) is 4.79 Å². The summed E-state index contributed by atoms with van der Waals surface area (Å²) < 4.78 is 18.8. The van der Waals surface area contributed by atoms with Gasteiger partial charge < -0.3 is 4.74 Å². The minimum atomic E-state index is -0.688. The number of benzene rings is 1. The highest BCUT2D eigenvalue weighted by atomic mass is 19.1. The van der Waals surface area contributed by atoms with E-state index in [1.54, 1.807) is 0 Å². The van der Waals surface area contributed by atoms with Crippen LogP contribution >= 0.6 is 0 Å². The number of unbranched alkanes of at least 4 members (excludes halogenated alkanes) is 2. The lowest BCUT2D eigenvalue weighted by molar-refractivity contribution is -0.157. The van der Waals surface area contributed by atoms with Crippen LogP contribution in [0.3, 0.4) is 0 Å². The summed E-state index contributed by atoms with van der Waals surface area (Å²) in [5.74, 6) is 0.464. The number of hydrogen-bond donors (Lipinski definition) is 0. The zero-order chi connectivity index (χ0) is 23.5. The summed E-state index contributed by atoms with van der Waals surface area (Å²) in [6.07, 6.45) is 15.7. The minimum Gasteiger partial charge on any atom is -0.462 e. The fourth-order valence-corrected chi connectivity index (χ4v) is 5.49. The minimum absolute atomic E-state index is 0.00203. The summed E-state index contributed by atoms with van der Waals surface area (Å²) in [7, 11) is 0. The Kier molecular flexibility index (Phi) is 10.4. The van der Waals surface area contributed by atoms with E-state index in [-0.39, 0.29) is 18.0 Å². The number of ether oxygens (including phenoxy) is 1. The van der Waals surface area contributed by atoms with Gasteiger partial charge in [-0.1, -0.05) is 44.0 Å². The highest BCUT2D eigenvalue weighted by molar-refractivity contribution is 5.72. The van der Waals surface area contributed by atoms with E-state index in [9.17, 15) is 9.18 Å². The summed E-state index contributed by atoms with van der Waals surface area (Å²) in [5.41, 5.74) is 2.86. The first-order valence-electron chi connectivity index (χ1n) is 13.1. The average molecular weight is 454 g/mol. The SMILES string of the molecule is CCCCCc1ccc([C@H]2CC[C@H](C(=O)O[C@H]3CC[C@H](CCC=C(F)C#N)CC3)CC2)cc1. The Labute approximate surface area is 199 Å². The van der Waals surface area contributed by atoms with Crippen molar-refractivity contribution in [2.24, 2.45) is 11.8 Å². The molecule has 33 heavy (non-hydrogen) atoms. The van der Waals surface area contributed by atoms with E-state index in [0.29, 0.717) is 18.3 Å². The predicted octanol–water partition coefficient (Wildman–Crippen LogP) is 7.95. The molecular formula is C29H40FNO2. The fraction of sp³-hybridized carbons (Fsp3) is 0.655. The van der Waals surface area contributed by atoms with Crippen LogP contribution in [0.1, 0.15) is 107 Å². The maximum atomic E-state index is 12.9. The van der Waals surface area contributed by atoms with Crippen molar-refractivity contribution in [3.8, 4) is 6.07 Å². The van der Waals surface area contributed by atoms with Crippen molar-refractivity contribution in [3.05, 3.63) is 47.3 Å². The van der Waals surface area contributed by atoms with Crippen molar-refractivity contribution in [1.29, 1.82) is 5.26 Å². The van der Waals surface area contributed by atoms with E-state index in [4.69, 9.17) is 10.00 Å². The third-order valence-corrected chi connectivity index (χ3v) is 7.66. The molecule has 0 heterocycles. The van der Waals surface area contributed by atoms with E-state index >= 15 is 0 Å². The largest absolute Gasteiger partial charge is 0.462 e. The highest BCUT2D eigenvalue weighted by Crippen LogP contribution is 2.37. The van der Waals surface area contributed by atoms with Crippen LogP contribution in [0.15, 0.2) is 36.2 Å². The van der Waals surface area contributed by atoms with Crippen LogP contribution in [0, 0.1) is 23.2 Å². The molecule has 1 aromatic rings. The zero-order valence-electron chi connectivity index (χ0n) is 20.2.